The first-order valence-electron chi connectivity index (χ1n) is 16.7. The van der Waals surface area contributed by atoms with Gasteiger partial charge in [-0.3, -0.25) is 23.9 Å². The van der Waals surface area contributed by atoms with Crippen molar-refractivity contribution in [2.75, 3.05) is 59.0 Å². The Morgan fingerprint density at radius 2 is 1.50 bits per heavy atom. The number of aliphatic hydroxyl groups excluding tert-OH is 2. The van der Waals surface area contributed by atoms with Crippen molar-refractivity contribution in [3.05, 3.63) is 28.3 Å². The number of rotatable bonds is 21. The molecule has 1 aliphatic heterocycles. The minimum Gasteiger partial charge on any atom is -0.394 e. The van der Waals surface area contributed by atoms with Crippen LogP contribution in [0.25, 0.3) is 6.08 Å². The molecule has 0 aliphatic carbocycles. The van der Waals surface area contributed by atoms with Crippen molar-refractivity contribution in [3.63, 3.8) is 0 Å². The Labute approximate surface area is 296 Å². The zero-order valence-electron chi connectivity index (χ0n) is 28.9. The molecule has 5 N–H and O–H groups in total. The highest BCUT2D eigenvalue weighted by atomic mass is 19.4. The van der Waals surface area contributed by atoms with E-state index in [-0.39, 0.29) is 44.0 Å². The molecule has 15 nitrogen and oxygen atoms in total. The maximum atomic E-state index is 13.0. The molecule has 0 radical (unpaired) electrons. The topological polar surface area (TPSA) is 191 Å². The molecule has 1 aliphatic rings. The van der Waals surface area contributed by atoms with E-state index in [9.17, 15) is 55.7 Å². The number of aliphatic imine (C=N–C) groups is 1. The van der Waals surface area contributed by atoms with Crippen molar-refractivity contribution in [2.24, 2.45) is 4.99 Å². The Morgan fingerprint density at radius 1 is 0.962 bits per heavy atom. The number of nitrogens with zero attached hydrogens (tertiary/aromatic N) is 5. The number of aliphatic hydroxyl groups is 2. The summed E-state index contributed by atoms with van der Waals surface area (Å²) in [6.45, 7) is 3.21. The number of carbonyl (C=O) groups excluding carboxylic acids is 3. The summed E-state index contributed by atoms with van der Waals surface area (Å²) in [6, 6.07) is 0. The van der Waals surface area contributed by atoms with Crippen LogP contribution in [0.15, 0.2) is 22.1 Å². The Morgan fingerprint density at radius 3 is 1.98 bits per heavy atom. The van der Waals surface area contributed by atoms with E-state index < -0.39 is 73.9 Å². The van der Waals surface area contributed by atoms with E-state index in [4.69, 9.17) is 4.74 Å². The molecule has 294 valence electrons. The number of nitrogens with one attached hydrogen (secondary N) is 3. The number of aromatic nitrogens is 2. The number of ether oxygens (including phenoxy) is 1. The van der Waals surface area contributed by atoms with Gasteiger partial charge in [0.2, 0.25) is 5.91 Å². The van der Waals surface area contributed by atoms with Crippen molar-refractivity contribution in [1.29, 1.82) is 0 Å². The van der Waals surface area contributed by atoms with E-state index in [1.165, 1.54) is 17.2 Å². The fourth-order valence-electron chi connectivity index (χ4n) is 4.79. The van der Waals surface area contributed by atoms with Crippen molar-refractivity contribution in [2.45, 2.75) is 76.7 Å². The van der Waals surface area contributed by atoms with Gasteiger partial charge < -0.3 is 35.8 Å². The molecule has 3 atom stereocenters. The summed E-state index contributed by atoms with van der Waals surface area (Å²) < 4.78 is 81.9. The van der Waals surface area contributed by atoms with E-state index in [1.807, 2.05) is 18.7 Å². The van der Waals surface area contributed by atoms with Crippen molar-refractivity contribution >= 4 is 36.0 Å². The van der Waals surface area contributed by atoms with Crippen LogP contribution >= 0.6 is 0 Å². The molecule has 0 bridgehead atoms. The molecule has 2 heterocycles. The van der Waals surface area contributed by atoms with Gasteiger partial charge in [-0.2, -0.15) is 31.3 Å². The predicted molar refractivity (Wildman–Crippen MR) is 176 cm³/mol. The van der Waals surface area contributed by atoms with Crippen molar-refractivity contribution in [1.82, 2.24) is 35.3 Å². The molecule has 52 heavy (non-hydrogen) atoms. The number of hydrogen-bond donors (Lipinski definition) is 5. The van der Waals surface area contributed by atoms with Gasteiger partial charge in [-0.15, -0.1) is 0 Å². The molecule has 0 aromatic carbocycles. The molecule has 0 unspecified atom stereocenters. The average molecular weight is 757 g/mol. The highest BCUT2D eigenvalue weighted by molar-refractivity contribution is 5.92. The van der Waals surface area contributed by atoms with Crippen molar-refractivity contribution < 1.29 is 55.7 Å². The summed E-state index contributed by atoms with van der Waals surface area (Å²) >= 11 is 0. The number of halogens is 6. The summed E-state index contributed by atoms with van der Waals surface area (Å²) in [5, 5.41) is 25.5. The maximum Gasteiger partial charge on any atom is 0.471 e. The molecule has 1 aromatic rings. The Kier molecular flexibility index (Phi) is 18.2. The van der Waals surface area contributed by atoms with Crippen LogP contribution in [0.4, 0.5) is 32.2 Å². The first kappa shape index (κ1) is 44.1. The van der Waals surface area contributed by atoms with E-state index in [1.54, 1.807) is 17.0 Å². The first-order chi connectivity index (χ1) is 24.5. The zero-order valence-corrected chi connectivity index (χ0v) is 28.9. The molecule has 3 amide bonds. The summed E-state index contributed by atoms with van der Waals surface area (Å²) in [5.74, 6) is -5.11. The van der Waals surface area contributed by atoms with Gasteiger partial charge in [-0.25, -0.2) is 9.79 Å². The Balaban J connectivity index is 2.21. The van der Waals surface area contributed by atoms with Crippen LogP contribution in [-0.4, -0.2) is 137 Å². The minimum atomic E-state index is -5.14. The van der Waals surface area contributed by atoms with Crippen LogP contribution in [0.5, 0.6) is 0 Å². The van der Waals surface area contributed by atoms with Gasteiger partial charge in [0.25, 0.3) is 0 Å². The van der Waals surface area contributed by atoms with Crippen LogP contribution in [0.2, 0.25) is 0 Å². The lowest BCUT2D eigenvalue weighted by Crippen LogP contribution is -2.46. The number of alkyl halides is 6. The second-order valence-electron chi connectivity index (χ2n) is 11.8. The van der Waals surface area contributed by atoms with Crippen LogP contribution in [0.3, 0.4) is 0 Å². The fourth-order valence-corrected chi connectivity index (χ4v) is 4.79. The quantitative estimate of drug-likeness (QED) is 0.0528. The lowest BCUT2D eigenvalue weighted by molar-refractivity contribution is -0.173. The molecule has 0 saturated carbocycles. The van der Waals surface area contributed by atoms with Crippen LogP contribution in [0, 0.1) is 0 Å². The number of hydrogen-bond acceptors (Lipinski definition) is 10. The van der Waals surface area contributed by atoms with Gasteiger partial charge in [-0.05, 0) is 18.9 Å². The predicted octanol–water partition coefficient (Wildman–Crippen LogP) is 1.23. The molecule has 2 rings (SSSR count). The second-order valence-corrected chi connectivity index (χ2v) is 11.8. The number of unbranched alkanes of at least 4 members (excludes halogenated alkanes) is 2. The number of amides is 3. The van der Waals surface area contributed by atoms with Gasteiger partial charge in [0.1, 0.15) is 12.3 Å². The lowest BCUT2D eigenvalue weighted by atomic mass is 10.2. The SMILES string of the molecule is CCCCN(C=Nc1nc(=O)n([C@H]2C[C@H](O)[C@@H](CO)O2)cc1/C=C/C(=O)NCCN(CCNC(=O)C(F)(F)F)CCNC(=O)C(F)(F)F)CCCC. The summed E-state index contributed by atoms with van der Waals surface area (Å²) in [4.78, 5) is 59.8. The molecule has 1 saturated heterocycles. The van der Waals surface area contributed by atoms with Gasteiger partial charge in [0.05, 0.1) is 19.0 Å². The monoisotopic (exact) mass is 756 g/mol. The fraction of sp³-hybridized carbons (Fsp3) is 0.677. The van der Waals surface area contributed by atoms with E-state index in [0.717, 1.165) is 36.3 Å². The van der Waals surface area contributed by atoms with Crippen LogP contribution in [0.1, 0.15) is 57.7 Å². The molecule has 1 fully saturated rings. The largest absolute Gasteiger partial charge is 0.471 e. The van der Waals surface area contributed by atoms with Crippen LogP contribution < -0.4 is 21.6 Å². The van der Waals surface area contributed by atoms with Gasteiger partial charge in [0.15, 0.2) is 5.82 Å². The molecule has 0 spiro atoms. The van der Waals surface area contributed by atoms with Gasteiger partial charge in [-0.1, -0.05) is 26.7 Å². The van der Waals surface area contributed by atoms with E-state index in [2.05, 4.69) is 15.3 Å². The van der Waals surface area contributed by atoms with Crippen LogP contribution in [-0.2, 0) is 19.1 Å². The normalized spacial score (nSPS) is 18.0. The molecule has 21 heteroatoms. The third-order valence-electron chi connectivity index (χ3n) is 7.68. The summed E-state index contributed by atoms with van der Waals surface area (Å²) in [5.41, 5.74) is -0.541. The standard InChI is InChI=1S/C31H46F6N8O7/c1-3-5-12-44(13-6-4-2)20-41-26-21(18-45(29(51)42-26)25-17-22(47)23(19-46)52-25)7-8-24(48)38-9-14-43(15-10-39-27(49)30(32,33)34)16-11-40-28(50)31(35,36)37/h7-8,18,20,22-23,25,46-47H,3-6,9-17,19H2,1-2H3,(H,38,48)(H,39,49)(H,40,50)/b8-7+,41-20?/t22-,23+,25+/m0/s1. The zero-order chi connectivity index (χ0) is 38.9. The Hall–Kier alpha value is -4.08. The minimum absolute atomic E-state index is 0.0167. The lowest BCUT2D eigenvalue weighted by Gasteiger charge is -2.23. The average Bonchev–Trinajstić information content (AvgIpc) is 3.46. The molecule has 1 aromatic heterocycles. The highest BCUT2D eigenvalue weighted by Gasteiger charge is 2.39. The third kappa shape index (κ3) is 15.3. The third-order valence-corrected chi connectivity index (χ3v) is 7.68. The van der Waals surface area contributed by atoms with Crippen molar-refractivity contribution in [3.8, 4) is 0 Å². The van der Waals surface area contributed by atoms with E-state index >= 15 is 0 Å². The van der Waals surface area contributed by atoms with E-state index in [0.29, 0.717) is 13.1 Å². The summed E-state index contributed by atoms with van der Waals surface area (Å²) in [6.07, 6.45) is -4.24. The molecular formula is C31H46F6N8O7. The smallest absolute Gasteiger partial charge is 0.394 e. The maximum absolute atomic E-state index is 13.0. The number of carbonyl (C=O) groups is 3. The first-order valence-corrected chi connectivity index (χ1v) is 16.7. The highest BCUT2D eigenvalue weighted by Crippen LogP contribution is 2.28. The Bertz CT molecular complexity index is 1380. The van der Waals surface area contributed by atoms with Gasteiger partial charge in [0, 0.05) is 76.6 Å². The second kappa shape index (κ2) is 21.4. The molecular weight excluding hydrogens is 710 g/mol. The summed E-state index contributed by atoms with van der Waals surface area (Å²) in [7, 11) is 0. The van der Waals surface area contributed by atoms with Gasteiger partial charge >= 0.3 is 29.9 Å².